The Morgan fingerprint density at radius 3 is 2.68 bits per heavy atom. The van der Waals surface area contributed by atoms with Crippen LogP contribution in [0.3, 0.4) is 0 Å². The molecular formula is C21H24F2N2O2S. The van der Waals surface area contributed by atoms with Crippen LogP contribution in [0, 0.1) is 11.3 Å². The van der Waals surface area contributed by atoms with Crippen LogP contribution in [0.4, 0.5) is 8.78 Å². The maximum atomic E-state index is 13.7. The lowest BCUT2D eigenvalue weighted by Gasteiger charge is -2.12. The SMILES string of the molecule is CNC(=O)c1c(C(=N)CC2CC2)sc(Cc2cccc(C(C)(F)F)c2)c1OC. The lowest BCUT2D eigenvalue weighted by molar-refractivity contribution is 0.0174. The number of hydrogen-bond acceptors (Lipinski definition) is 4. The number of thiophene rings is 1. The van der Waals surface area contributed by atoms with Gasteiger partial charge in [-0.25, -0.2) is 8.78 Å². The Hall–Kier alpha value is -2.28. The number of carbonyl (C=O) groups is 1. The maximum Gasteiger partial charge on any atom is 0.270 e. The fraction of sp³-hybridized carbons (Fsp3) is 0.429. The molecule has 1 aliphatic carbocycles. The van der Waals surface area contributed by atoms with E-state index in [0.29, 0.717) is 46.2 Å². The fourth-order valence-corrected chi connectivity index (χ4v) is 4.44. The van der Waals surface area contributed by atoms with Gasteiger partial charge >= 0.3 is 0 Å². The smallest absolute Gasteiger partial charge is 0.270 e. The predicted octanol–water partition coefficient (Wildman–Crippen LogP) is 4.99. The van der Waals surface area contributed by atoms with Crippen LogP contribution in [0.1, 0.15) is 57.4 Å². The predicted molar refractivity (Wildman–Crippen MR) is 107 cm³/mol. The monoisotopic (exact) mass is 406 g/mol. The van der Waals surface area contributed by atoms with Crippen molar-refractivity contribution in [2.24, 2.45) is 5.92 Å². The number of halogens is 2. The fourth-order valence-electron chi connectivity index (χ4n) is 3.18. The summed E-state index contributed by atoms with van der Waals surface area (Å²) in [6.45, 7) is 0.874. The van der Waals surface area contributed by atoms with Crippen LogP contribution in [-0.2, 0) is 12.3 Å². The number of nitrogens with one attached hydrogen (secondary N) is 2. The maximum absolute atomic E-state index is 13.7. The van der Waals surface area contributed by atoms with Gasteiger partial charge < -0.3 is 15.5 Å². The summed E-state index contributed by atoms with van der Waals surface area (Å²) in [6.07, 6.45) is 3.24. The van der Waals surface area contributed by atoms with E-state index in [1.165, 1.54) is 30.6 Å². The van der Waals surface area contributed by atoms with E-state index in [1.54, 1.807) is 19.2 Å². The van der Waals surface area contributed by atoms with Gasteiger partial charge in [-0.2, -0.15) is 0 Å². The molecule has 2 N–H and O–H groups in total. The molecule has 0 spiro atoms. The van der Waals surface area contributed by atoms with Crippen LogP contribution in [0.2, 0.25) is 0 Å². The molecule has 0 atom stereocenters. The number of ether oxygens (including phenoxy) is 1. The van der Waals surface area contributed by atoms with Crippen molar-refractivity contribution < 1.29 is 18.3 Å². The first kappa shape index (κ1) is 20.5. The topological polar surface area (TPSA) is 62.2 Å². The highest BCUT2D eigenvalue weighted by Crippen LogP contribution is 2.41. The third kappa shape index (κ3) is 4.41. The van der Waals surface area contributed by atoms with Crippen molar-refractivity contribution in [2.75, 3.05) is 14.2 Å². The zero-order chi connectivity index (χ0) is 20.5. The lowest BCUT2D eigenvalue weighted by Crippen LogP contribution is -2.20. The summed E-state index contributed by atoms with van der Waals surface area (Å²) >= 11 is 1.34. The zero-order valence-corrected chi connectivity index (χ0v) is 17.0. The molecule has 0 unspecified atom stereocenters. The molecule has 150 valence electrons. The highest BCUT2D eigenvalue weighted by Gasteiger charge is 2.30. The highest BCUT2D eigenvalue weighted by atomic mass is 32.1. The van der Waals surface area contributed by atoms with Crippen molar-refractivity contribution in [3.63, 3.8) is 0 Å². The average Bonchev–Trinajstić information content (AvgIpc) is 3.39. The molecule has 7 heteroatoms. The second kappa shape index (κ2) is 7.99. The third-order valence-corrected chi connectivity index (χ3v) is 6.08. The van der Waals surface area contributed by atoms with Gasteiger partial charge in [0, 0.05) is 31.7 Å². The number of hydrogen-bond donors (Lipinski definition) is 2. The summed E-state index contributed by atoms with van der Waals surface area (Å²) in [5.74, 6) is -2.28. The molecule has 0 bridgehead atoms. The van der Waals surface area contributed by atoms with Crippen molar-refractivity contribution >= 4 is 23.0 Å². The van der Waals surface area contributed by atoms with Crippen molar-refractivity contribution in [3.05, 3.63) is 50.7 Å². The summed E-state index contributed by atoms with van der Waals surface area (Å²) in [5.41, 5.74) is 1.47. The van der Waals surface area contributed by atoms with Crippen LogP contribution >= 0.6 is 11.3 Å². The van der Waals surface area contributed by atoms with Gasteiger partial charge in [0.25, 0.3) is 11.8 Å². The van der Waals surface area contributed by atoms with Crippen molar-refractivity contribution in [1.82, 2.24) is 5.32 Å². The third-order valence-electron chi connectivity index (χ3n) is 4.85. The van der Waals surface area contributed by atoms with Gasteiger partial charge in [-0.1, -0.05) is 18.2 Å². The Labute approximate surface area is 167 Å². The van der Waals surface area contributed by atoms with Gasteiger partial charge in [0.05, 0.1) is 16.9 Å². The van der Waals surface area contributed by atoms with Crippen molar-refractivity contribution in [1.29, 1.82) is 5.41 Å². The zero-order valence-electron chi connectivity index (χ0n) is 16.2. The first-order chi connectivity index (χ1) is 13.2. The number of amides is 1. The molecule has 1 aromatic carbocycles. The van der Waals surface area contributed by atoms with Gasteiger partial charge in [-0.05, 0) is 36.8 Å². The molecular weight excluding hydrogens is 382 g/mol. The van der Waals surface area contributed by atoms with E-state index >= 15 is 0 Å². The van der Waals surface area contributed by atoms with Crippen LogP contribution in [0.15, 0.2) is 24.3 Å². The minimum absolute atomic E-state index is 0.0475. The van der Waals surface area contributed by atoms with Crippen LogP contribution in [0.5, 0.6) is 5.75 Å². The highest BCUT2D eigenvalue weighted by molar-refractivity contribution is 7.15. The number of carbonyl (C=O) groups excluding carboxylic acids is 1. The molecule has 1 aromatic heterocycles. The Morgan fingerprint density at radius 1 is 1.39 bits per heavy atom. The molecule has 1 heterocycles. The Bertz CT molecular complexity index is 898. The van der Waals surface area contributed by atoms with E-state index in [1.807, 2.05) is 0 Å². The molecule has 0 saturated heterocycles. The minimum Gasteiger partial charge on any atom is -0.495 e. The normalized spacial score (nSPS) is 14.0. The molecule has 2 aromatic rings. The number of rotatable bonds is 8. The molecule has 3 rings (SSSR count). The number of alkyl halides is 2. The molecule has 0 aliphatic heterocycles. The number of methoxy groups -OCH3 is 1. The summed E-state index contributed by atoms with van der Waals surface area (Å²) in [4.78, 5) is 13.9. The standard InChI is InChI=1S/C21H24F2N2O2S/c1-21(22,23)14-6-4-5-13(9-14)11-16-18(27-3)17(20(26)25-2)19(28-16)15(24)10-12-7-8-12/h4-6,9,12,24H,7-8,10-11H2,1-3H3,(H,25,26). The molecule has 1 aliphatic rings. The van der Waals surface area contributed by atoms with E-state index in [0.717, 1.165) is 24.6 Å². The largest absolute Gasteiger partial charge is 0.495 e. The molecule has 1 amide bonds. The molecule has 4 nitrogen and oxygen atoms in total. The molecule has 28 heavy (non-hydrogen) atoms. The van der Waals surface area contributed by atoms with Crippen LogP contribution in [0.25, 0.3) is 0 Å². The van der Waals surface area contributed by atoms with Crippen molar-refractivity contribution in [3.8, 4) is 5.75 Å². The summed E-state index contributed by atoms with van der Waals surface area (Å²) < 4.78 is 32.9. The van der Waals surface area contributed by atoms with Gasteiger partial charge in [0.15, 0.2) is 0 Å². The van der Waals surface area contributed by atoms with E-state index in [9.17, 15) is 13.6 Å². The summed E-state index contributed by atoms with van der Waals surface area (Å²) in [5, 5.41) is 11.1. The Morgan fingerprint density at radius 2 is 2.11 bits per heavy atom. The van der Waals surface area contributed by atoms with Gasteiger partial charge in [0.1, 0.15) is 11.3 Å². The van der Waals surface area contributed by atoms with E-state index < -0.39 is 5.92 Å². The number of benzene rings is 1. The quantitative estimate of drug-likeness (QED) is 0.607. The van der Waals surface area contributed by atoms with Crippen molar-refractivity contribution in [2.45, 2.75) is 38.5 Å². The Balaban J connectivity index is 1.99. The molecule has 1 fully saturated rings. The van der Waals surface area contributed by atoms with Crippen LogP contribution < -0.4 is 10.1 Å². The van der Waals surface area contributed by atoms with E-state index in [4.69, 9.17) is 10.1 Å². The first-order valence-corrected chi connectivity index (χ1v) is 10.0. The second-order valence-electron chi connectivity index (χ2n) is 7.23. The van der Waals surface area contributed by atoms with Gasteiger partial charge in [-0.3, -0.25) is 4.79 Å². The second-order valence-corrected chi connectivity index (χ2v) is 8.34. The first-order valence-electron chi connectivity index (χ1n) is 9.21. The molecule has 1 saturated carbocycles. The van der Waals surface area contributed by atoms with Gasteiger partial charge in [-0.15, -0.1) is 11.3 Å². The Kier molecular flexibility index (Phi) is 5.84. The summed E-state index contributed by atoms with van der Waals surface area (Å²) in [7, 11) is 3.03. The van der Waals surface area contributed by atoms with Gasteiger partial charge in [0.2, 0.25) is 0 Å². The lowest BCUT2D eigenvalue weighted by atomic mass is 10.0. The van der Waals surface area contributed by atoms with Crippen LogP contribution in [-0.4, -0.2) is 25.8 Å². The minimum atomic E-state index is -2.92. The average molecular weight is 406 g/mol. The van der Waals surface area contributed by atoms with E-state index in [2.05, 4.69) is 5.32 Å². The summed E-state index contributed by atoms with van der Waals surface area (Å²) in [6, 6.07) is 6.27. The van der Waals surface area contributed by atoms with E-state index in [-0.39, 0.29) is 11.5 Å². The molecule has 0 radical (unpaired) electrons.